The van der Waals surface area contributed by atoms with E-state index in [1.165, 1.54) is 12.8 Å². The van der Waals surface area contributed by atoms with Gasteiger partial charge in [0.2, 0.25) is 0 Å². The molecule has 0 aromatic rings. The van der Waals surface area contributed by atoms with Gasteiger partial charge in [-0.15, -0.1) is 0 Å². The molecule has 2 aliphatic rings. The van der Waals surface area contributed by atoms with Crippen LogP contribution in [-0.4, -0.2) is 18.3 Å². The van der Waals surface area contributed by atoms with Crippen LogP contribution in [0, 0.1) is 11.3 Å². The van der Waals surface area contributed by atoms with Gasteiger partial charge >= 0.3 is 6.18 Å². The highest BCUT2D eigenvalue weighted by atomic mass is 19.4. The lowest BCUT2D eigenvalue weighted by atomic mass is 9.84. The minimum absolute atomic E-state index is 0.293. The molecule has 2 saturated carbocycles. The predicted molar refractivity (Wildman–Crippen MR) is 61.7 cm³/mol. The smallest absolute Gasteiger partial charge is 0.311 e. The van der Waals surface area contributed by atoms with Crippen molar-refractivity contribution in [3.05, 3.63) is 0 Å². The molecule has 1 nitrogen and oxygen atoms in total. The molecule has 0 heterocycles. The van der Waals surface area contributed by atoms with Crippen molar-refractivity contribution in [3.63, 3.8) is 0 Å². The number of alkyl halides is 3. The van der Waals surface area contributed by atoms with E-state index in [2.05, 4.69) is 19.2 Å². The van der Waals surface area contributed by atoms with Gasteiger partial charge in [-0.3, -0.25) is 0 Å². The van der Waals surface area contributed by atoms with Gasteiger partial charge < -0.3 is 5.32 Å². The van der Waals surface area contributed by atoms with E-state index in [-0.39, 0.29) is 0 Å². The Labute approximate surface area is 101 Å². The molecule has 1 N–H and O–H groups in total. The molecule has 0 aromatic carbocycles. The molecule has 4 heteroatoms. The maximum Gasteiger partial charge on any atom is 0.391 e. The van der Waals surface area contributed by atoms with Crippen LogP contribution in [0.4, 0.5) is 13.2 Å². The number of hydrogen-bond acceptors (Lipinski definition) is 1. The molecule has 0 aromatic heterocycles. The van der Waals surface area contributed by atoms with Crippen molar-refractivity contribution in [1.82, 2.24) is 5.32 Å². The van der Waals surface area contributed by atoms with Gasteiger partial charge in [0.1, 0.15) is 0 Å². The van der Waals surface area contributed by atoms with E-state index in [0.29, 0.717) is 43.2 Å². The molecule has 100 valence electrons. The molecule has 0 saturated heterocycles. The molecule has 2 rings (SSSR count). The van der Waals surface area contributed by atoms with Crippen LogP contribution < -0.4 is 5.32 Å². The zero-order valence-electron chi connectivity index (χ0n) is 10.6. The van der Waals surface area contributed by atoms with Gasteiger partial charge in [-0.25, -0.2) is 0 Å². The normalized spacial score (nSPS) is 34.4. The summed E-state index contributed by atoms with van der Waals surface area (Å²) in [5.74, 6) is -1.06. The summed E-state index contributed by atoms with van der Waals surface area (Å²) in [5, 5.41) is 3.53. The monoisotopic (exact) mass is 249 g/mol. The molecule has 0 amide bonds. The summed E-state index contributed by atoms with van der Waals surface area (Å²) in [4.78, 5) is 0. The summed E-state index contributed by atoms with van der Waals surface area (Å²) in [6.07, 6.45) is 0.446. The van der Waals surface area contributed by atoms with Crippen molar-refractivity contribution in [1.29, 1.82) is 0 Å². The summed E-state index contributed by atoms with van der Waals surface area (Å²) in [5.41, 5.74) is 0.404. The summed E-state index contributed by atoms with van der Waals surface area (Å²) in [6.45, 7) is 4.43. The van der Waals surface area contributed by atoms with E-state index >= 15 is 0 Å². The quantitative estimate of drug-likeness (QED) is 0.800. The third kappa shape index (κ3) is 3.15. The summed E-state index contributed by atoms with van der Waals surface area (Å²) < 4.78 is 37.5. The highest BCUT2D eigenvalue weighted by Crippen LogP contribution is 2.48. The molecule has 2 aliphatic carbocycles. The Morgan fingerprint density at radius 3 is 2.06 bits per heavy atom. The third-order valence-corrected chi connectivity index (χ3v) is 4.76. The van der Waals surface area contributed by atoms with E-state index < -0.39 is 12.1 Å². The minimum Gasteiger partial charge on any atom is -0.311 e. The maximum atomic E-state index is 12.5. The zero-order chi connectivity index (χ0) is 12.7. The molecule has 0 radical (unpaired) electrons. The Hall–Kier alpha value is -0.250. The van der Waals surface area contributed by atoms with Gasteiger partial charge in [0.25, 0.3) is 0 Å². The molecule has 0 bridgehead atoms. The first-order valence-electron chi connectivity index (χ1n) is 6.64. The first-order chi connectivity index (χ1) is 7.81. The number of halogens is 3. The van der Waals surface area contributed by atoms with Crippen LogP contribution in [0.3, 0.4) is 0 Å². The van der Waals surface area contributed by atoms with Gasteiger partial charge in [0.05, 0.1) is 5.92 Å². The van der Waals surface area contributed by atoms with Gasteiger partial charge in [-0.05, 0) is 50.9 Å². The standard InChI is InChI=1S/C13H22F3N/c1-9(12(2)7-8-12)17-11-5-3-10(4-6-11)13(14,15)16/h9-11,17H,3-8H2,1-2H3. The first kappa shape index (κ1) is 13.2. The van der Waals surface area contributed by atoms with Crippen molar-refractivity contribution in [2.24, 2.45) is 11.3 Å². The van der Waals surface area contributed by atoms with Crippen molar-refractivity contribution in [2.45, 2.75) is 70.6 Å². The Kier molecular flexibility index (Phi) is 3.45. The highest BCUT2D eigenvalue weighted by molar-refractivity contribution is 4.98. The fourth-order valence-electron chi connectivity index (χ4n) is 2.77. The largest absolute Gasteiger partial charge is 0.391 e. The fraction of sp³-hybridized carbons (Fsp3) is 1.00. The average Bonchev–Trinajstić information content (AvgIpc) is 2.97. The van der Waals surface area contributed by atoms with E-state index in [1.807, 2.05) is 0 Å². The Morgan fingerprint density at radius 2 is 1.65 bits per heavy atom. The Bertz CT molecular complexity index is 262. The molecular weight excluding hydrogens is 227 g/mol. The summed E-state index contributed by atoms with van der Waals surface area (Å²) in [6, 6.07) is 0.732. The average molecular weight is 249 g/mol. The minimum atomic E-state index is -3.99. The molecule has 0 aliphatic heterocycles. The van der Waals surface area contributed by atoms with Crippen LogP contribution in [-0.2, 0) is 0 Å². The van der Waals surface area contributed by atoms with E-state index in [4.69, 9.17) is 0 Å². The van der Waals surface area contributed by atoms with Crippen LogP contribution in [0.15, 0.2) is 0 Å². The maximum absolute atomic E-state index is 12.5. The van der Waals surface area contributed by atoms with Crippen LogP contribution in [0.5, 0.6) is 0 Å². The second-order valence-electron chi connectivity index (χ2n) is 6.13. The lowest BCUT2D eigenvalue weighted by molar-refractivity contribution is -0.182. The number of nitrogens with one attached hydrogen (secondary N) is 1. The fourth-order valence-corrected chi connectivity index (χ4v) is 2.77. The van der Waals surface area contributed by atoms with Crippen molar-refractivity contribution in [3.8, 4) is 0 Å². The lowest BCUT2D eigenvalue weighted by Gasteiger charge is -2.33. The highest BCUT2D eigenvalue weighted by Gasteiger charge is 2.45. The molecule has 1 atom stereocenters. The summed E-state index contributed by atoms with van der Waals surface area (Å²) >= 11 is 0. The predicted octanol–water partition coefficient (Wildman–Crippen LogP) is 3.89. The van der Waals surface area contributed by atoms with Gasteiger partial charge in [0.15, 0.2) is 0 Å². The van der Waals surface area contributed by atoms with Gasteiger partial charge in [-0.2, -0.15) is 13.2 Å². The Balaban J connectivity index is 1.76. The van der Waals surface area contributed by atoms with Crippen molar-refractivity contribution >= 4 is 0 Å². The van der Waals surface area contributed by atoms with E-state index in [1.54, 1.807) is 0 Å². The van der Waals surface area contributed by atoms with Gasteiger partial charge in [0, 0.05) is 12.1 Å². The molecular formula is C13H22F3N. The van der Waals surface area contributed by atoms with E-state index in [0.717, 1.165) is 0 Å². The lowest BCUT2D eigenvalue weighted by Crippen LogP contribution is -2.44. The first-order valence-corrected chi connectivity index (χ1v) is 6.64. The second kappa shape index (κ2) is 4.45. The van der Waals surface area contributed by atoms with Crippen LogP contribution >= 0.6 is 0 Å². The van der Waals surface area contributed by atoms with Crippen molar-refractivity contribution in [2.75, 3.05) is 0 Å². The topological polar surface area (TPSA) is 12.0 Å². The van der Waals surface area contributed by atoms with Crippen LogP contribution in [0.1, 0.15) is 52.4 Å². The molecule has 0 spiro atoms. The third-order valence-electron chi connectivity index (χ3n) is 4.76. The number of rotatable bonds is 3. The number of hydrogen-bond donors (Lipinski definition) is 1. The van der Waals surface area contributed by atoms with Crippen LogP contribution in [0.25, 0.3) is 0 Å². The SMILES string of the molecule is CC(NC1CCC(C(F)(F)F)CC1)C1(C)CC1. The van der Waals surface area contributed by atoms with Crippen LogP contribution in [0.2, 0.25) is 0 Å². The van der Waals surface area contributed by atoms with E-state index in [9.17, 15) is 13.2 Å². The Morgan fingerprint density at radius 1 is 1.12 bits per heavy atom. The van der Waals surface area contributed by atoms with Crippen molar-refractivity contribution < 1.29 is 13.2 Å². The molecule has 2 fully saturated rings. The molecule has 17 heavy (non-hydrogen) atoms. The van der Waals surface area contributed by atoms with Gasteiger partial charge in [-0.1, -0.05) is 6.92 Å². The second-order valence-corrected chi connectivity index (χ2v) is 6.13. The molecule has 1 unspecified atom stereocenters. The summed E-state index contributed by atoms with van der Waals surface area (Å²) in [7, 11) is 0. The zero-order valence-corrected chi connectivity index (χ0v) is 10.6.